The Morgan fingerprint density at radius 3 is 2.46 bits per heavy atom. The lowest BCUT2D eigenvalue weighted by molar-refractivity contribution is -0.132. The highest BCUT2D eigenvalue weighted by molar-refractivity contribution is 5.76. The summed E-state index contributed by atoms with van der Waals surface area (Å²) in [6, 6.07) is 0.140. The Bertz CT molecular complexity index is 386. The second-order valence-electron chi connectivity index (χ2n) is 7.33. The molecule has 1 N–H and O–H groups in total. The molecule has 0 aromatic heterocycles. The van der Waals surface area contributed by atoms with E-state index in [4.69, 9.17) is 4.74 Å². The van der Waals surface area contributed by atoms with Crippen LogP contribution in [0.25, 0.3) is 0 Å². The van der Waals surface area contributed by atoms with Crippen molar-refractivity contribution in [2.24, 2.45) is 5.92 Å². The van der Waals surface area contributed by atoms with E-state index in [0.717, 1.165) is 51.1 Å². The number of amides is 2. The first-order chi connectivity index (χ1) is 11.7. The first-order valence-electron chi connectivity index (χ1n) is 9.90. The smallest absolute Gasteiger partial charge is 0.407 e. The minimum atomic E-state index is -0.314. The van der Waals surface area contributed by atoms with Gasteiger partial charge in [-0.05, 0) is 31.6 Å². The summed E-state index contributed by atoms with van der Waals surface area (Å²) in [6.07, 6.45) is 11.7. The SMILES string of the molecule is CCCCOC(=O)NC1CCN(C(=O)CCC2CCCCC2)CC1. The number of unbranched alkanes of at least 4 members (excludes halogenated alkanes) is 1. The van der Waals surface area contributed by atoms with Crippen molar-refractivity contribution in [3.05, 3.63) is 0 Å². The topological polar surface area (TPSA) is 58.6 Å². The van der Waals surface area contributed by atoms with E-state index in [-0.39, 0.29) is 12.1 Å². The van der Waals surface area contributed by atoms with Gasteiger partial charge in [0.15, 0.2) is 0 Å². The average Bonchev–Trinajstić information content (AvgIpc) is 2.61. The minimum Gasteiger partial charge on any atom is -0.450 e. The van der Waals surface area contributed by atoms with Gasteiger partial charge in [-0.1, -0.05) is 45.4 Å². The number of piperidine rings is 1. The molecule has 0 aromatic carbocycles. The number of hydrogen-bond donors (Lipinski definition) is 1. The number of rotatable bonds is 7. The second-order valence-corrected chi connectivity index (χ2v) is 7.33. The summed E-state index contributed by atoms with van der Waals surface area (Å²) in [5, 5.41) is 2.92. The molecule has 1 aliphatic carbocycles. The fraction of sp³-hybridized carbons (Fsp3) is 0.895. The minimum absolute atomic E-state index is 0.140. The van der Waals surface area contributed by atoms with E-state index in [0.29, 0.717) is 18.9 Å². The predicted molar refractivity (Wildman–Crippen MR) is 94.8 cm³/mol. The summed E-state index contributed by atoms with van der Waals surface area (Å²) in [6.45, 7) is 4.07. The van der Waals surface area contributed by atoms with Gasteiger partial charge in [-0.3, -0.25) is 4.79 Å². The van der Waals surface area contributed by atoms with Crippen LogP contribution >= 0.6 is 0 Å². The van der Waals surface area contributed by atoms with Crippen molar-refractivity contribution < 1.29 is 14.3 Å². The quantitative estimate of drug-likeness (QED) is 0.717. The molecule has 0 spiro atoms. The molecule has 2 aliphatic rings. The Morgan fingerprint density at radius 2 is 1.79 bits per heavy atom. The van der Waals surface area contributed by atoms with Crippen LogP contribution in [-0.2, 0) is 9.53 Å². The number of carbonyl (C=O) groups is 2. The highest BCUT2D eigenvalue weighted by Gasteiger charge is 2.24. The van der Waals surface area contributed by atoms with Gasteiger partial charge in [0.2, 0.25) is 5.91 Å². The van der Waals surface area contributed by atoms with Crippen LogP contribution in [0.1, 0.15) is 77.6 Å². The van der Waals surface area contributed by atoms with Crippen LogP contribution in [0.5, 0.6) is 0 Å². The van der Waals surface area contributed by atoms with E-state index in [1.807, 2.05) is 4.90 Å². The number of nitrogens with zero attached hydrogens (tertiary/aromatic N) is 1. The van der Waals surface area contributed by atoms with Gasteiger partial charge in [-0.15, -0.1) is 0 Å². The lowest BCUT2D eigenvalue weighted by Gasteiger charge is -2.32. The molecule has 1 heterocycles. The van der Waals surface area contributed by atoms with Gasteiger partial charge in [0.1, 0.15) is 0 Å². The second kappa shape index (κ2) is 10.6. The molecule has 138 valence electrons. The monoisotopic (exact) mass is 338 g/mol. The molecular formula is C19H34N2O3. The van der Waals surface area contributed by atoms with Gasteiger partial charge >= 0.3 is 6.09 Å². The van der Waals surface area contributed by atoms with Gasteiger partial charge in [-0.25, -0.2) is 4.79 Å². The zero-order valence-electron chi connectivity index (χ0n) is 15.2. The molecular weight excluding hydrogens is 304 g/mol. The Kier molecular flexibility index (Phi) is 8.40. The van der Waals surface area contributed by atoms with Crippen LogP contribution in [0.3, 0.4) is 0 Å². The molecule has 0 unspecified atom stereocenters. The van der Waals surface area contributed by atoms with Gasteiger partial charge in [0, 0.05) is 25.6 Å². The third kappa shape index (κ3) is 6.70. The van der Waals surface area contributed by atoms with Crippen LogP contribution in [0, 0.1) is 5.92 Å². The van der Waals surface area contributed by atoms with E-state index < -0.39 is 0 Å². The van der Waals surface area contributed by atoms with Crippen LogP contribution < -0.4 is 5.32 Å². The molecule has 5 heteroatoms. The van der Waals surface area contributed by atoms with Crippen LogP contribution in [0.2, 0.25) is 0 Å². The summed E-state index contributed by atoms with van der Waals surface area (Å²) in [4.78, 5) is 26.0. The van der Waals surface area contributed by atoms with Crippen molar-refractivity contribution in [2.45, 2.75) is 83.6 Å². The van der Waals surface area contributed by atoms with Crippen molar-refractivity contribution in [1.82, 2.24) is 10.2 Å². The fourth-order valence-corrected chi connectivity index (χ4v) is 3.75. The summed E-state index contributed by atoms with van der Waals surface area (Å²) in [7, 11) is 0. The summed E-state index contributed by atoms with van der Waals surface area (Å²) in [5.41, 5.74) is 0. The number of carbonyl (C=O) groups excluding carboxylic acids is 2. The lowest BCUT2D eigenvalue weighted by Crippen LogP contribution is -2.46. The van der Waals surface area contributed by atoms with Crippen molar-refractivity contribution in [2.75, 3.05) is 19.7 Å². The van der Waals surface area contributed by atoms with Crippen molar-refractivity contribution >= 4 is 12.0 Å². The van der Waals surface area contributed by atoms with Crippen molar-refractivity contribution in [3.8, 4) is 0 Å². The number of hydrogen-bond acceptors (Lipinski definition) is 3. The van der Waals surface area contributed by atoms with Crippen molar-refractivity contribution in [1.29, 1.82) is 0 Å². The Balaban J connectivity index is 1.59. The highest BCUT2D eigenvalue weighted by Crippen LogP contribution is 2.27. The maximum Gasteiger partial charge on any atom is 0.407 e. The van der Waals surface area contributed by atoms with E-state index in [1.54, 1.807) is 0 Å². The number of likely N-dealkylation sites (tertiary alicyclic amines) is 1. The molecule has 5 nitrogen and oxygen atoms in total. The molecule has 24 heavy (non-hydrogen) atoms. The third-order valence-electron chi connectivity index (χ3n) is 5.39. The van der Waals surface area contributed by atoms with Crippen LogP contribution in [0.15, 0.2) is 0 Å². The molecule has 0 atom stereocenters. The van der Waals surface area contributed by atoms with E-state index in [9.17, 15) is 9.59 Å². The standard InChI is InChI=1S/C19H34N2O3/c1-2-3-15-24-19(23)20-17-11-13-21(14-12-17)18(22)10-9-16-7-5-4-6-8-16/h16-17H,2-15H2,1H3,(H,20,23). The number of alkyl carbamates (subject to hydrolysis) is 1. The molecule has 1 saturated heterocycles. The normalized spacial score (nSPS) is 20.0. The van der Waals surface area contributed by atoms with E-state index >= 15 is 0 Å². The molecule has 0 bridgehead atoms. The van der Waals surface area contributed by atoms with Gasteiger partial charge in [-0.2, -0.15) is 0 Å². The van der Waals surface area contributed by atoms with Gasteiger partial charge in [0.05, 0.1) is 6.61 Å². The number of nitrogens with one attached hydrogen (secondary N) is 1. The Labute approximate surface area is 146 Å². The molecule has 1 saturated carbocycles. The molecule has 0 radical (unpaired) electrons. The van der Waals surface area contributed by atoms with Gasteiger partial charge < -0.3 is 15.0 Å². The first-order valence-corrected chi connectivity index (χ1v) is 9.90. The zero-order valence-corrected chi connectivity index (χ0v) is 15.2. The average molecular weight is 338 g/mol. The molecule has 1 aliphatic heterocycles. The molecule has 2 fully saturated rings. The van der Waals surface area contributed by atoms with Gasteiger partial charge in [0.25, 0.3) is 0 Å². The van der Waals surface area contributed by atoms with E-state index in [2.05, 4.69) is 12.2 Å². The van der Waals surface area contributed by atoms with E-state index in [1.165, 1.54) is 32.1 Å². The summed E-state index contributed by atoms with van der Waals surface area (Å²) >= 11 is 0. The van der Waals surface area contributed by atoms with Crippen molar-refractivity contribution in [3.63, 3.8) is 0 Å². The predicted octanol–water partition coefficient (Wildman–Crippen LogP) is 3.86. The summed E-state index contributed by atoms with van der Waals surface area (Å²) in [5.74, 6) is 1.06. The lowest BCUT2D eigenvalue weighted by atomic mass is 9.86. The maximum atomic E-state index is 12.4. The Hall–Kier alpha value is -1.26. The van der Waals surface area contributed by atoms with Crippen LogP contribution in [-0.4, -0.2) is 42.6 Å². The zero-order chi connectivity index (χ0) is 17.2. The number of ether oxygens (including phenoxy) is 1. The molecule has 2 rings (SSSR count). The largest absolute Gasteiger partial charge is 0.450 e. The summed E-state index contributed by atoms with van der Waals surface area (Å²) < 4.78 is 5.13. The third-order valence-corrected chi connectivity index (χ3v) is 5.39. The highest BCUT2D eigenvalue weighted by atomic mass is 16.5. The Morgan fingerprint density at radius 1 is 1.08 bits per heavy atom. The molecule has 2 amide bonds. The fourth-order valence-electron chi connectivity index (χ4n) is 3.75. The first kappa shape index (κ1) is 19.1. The van der Waals surface area contributed by atoms with Crippen LogP contribution in [0.4, 0.5) is 4.79 Å². The maximum absolute atomic E-state index is 12.4. The molecule has 0 aromatic rings.